The fourth-order valence-corrected chi connectivity index (χ4v) is 1.91. The maximum atomic E-state index is 10.9. The highest BCUT2D eigenvalue weighted by Gasteiger charge is 2.39. The molecule has 1 aliphatic rings. The molecule has 0 saturated carbocycles. The van der Waals surface area contributed by atoms with Gasteiger partial charge >= 0.3 is 5.97 Å². The van der Waals surface area contributed by atoms with Crippen molar-refractivity contribution in [1.29, 1.82) is 0 Å². The van der Waals surface area contributed by atoms with Crippen molar-refractivity contribution < 1.29 is 24.1 Å². The highest BCUT2D eigenvalue weighted by Crippen LogP contribution is 2.29. The first-order valence-electron chi connectivity index (χ1n) is 6.17. The average molecular weight is 258 g/mol. The minimum absolute atomic E-state index is 0.0515. The summed E-state index contributed by atoms with van der Waals surface area (Å²) in [5, 5.41) is 9.19. The Morgan fingerprint density at radius 2 is 2.00 bits per heavy atom. The van der Waals surface area contributed by atoms with Crippen LogP contribution in [0.25, 0.3) is 0 Å². The van der Waals surface area contributed by atoms with Gasteiger partial charge in [-0.25, -0.2) is 0 Å². The summed E-state index contributed by atoms with van der Waals surface area (Å²) in [5.74, 6) is -0.854. The zero-order valence-corrected chi connectivity index (χ0v) is 11.2. The number of rotatable bonds is 6. The van der Waals surface area contributed by atoms with Crippen LogP contribution in [0.4, 0.5) is 0 Å². The largest absolute Gasteiger partial charge is 0.469 e. The van der Waals surface area contributed by atoms with E-state index in [2.05, 4.69) is 4.74 Å². The number of methoxy groups -OCH3 is 1. The molecule has 1 fully saturated rings. The van der Waals surface area contributed by atoms with E-state index in [1.165, 1.54) is 7.11 Å². The molecule has 1 aliphatic heterocycles. The number of ether oxygens (including phenoxy) is 3. The van der Waals surface area contributed by atoms with Crippen LogP contribution in [-0.2, 0) is 19.0 Å². The Morgan fingerprint density at radius 3 is 2.61 bits per heavy atom. The van der Waals surface area contributed by atoms with E-state index >= 15 is 0 Å². The molecule has 0 spiro atoms. The Hall–Kier alpha value is -0.910. The number of aliphatic hydroxyl groups is 1. The van der Waals surface area contributed by atoms with Crippen LogP contribution in [0.15, 0.2) is 12.2 Å². The molecule has 1 rings (SSSR count). The summed E-state index contributed by atoms with van der Waals surface area (Å²) in [5.41, 5.74) is 0. The van der Waals surface area contributed by atoms with Crippen molar-refractivity contribution in [2.24, 2.45) is 0 Å². The van der Waals surface area contributed by atoms with Crippen LogP contribution < -0.4 is 0 Å². The molecule has 1 heterocycles. The summed E-state index contributed by atoms with van der Waals surface area (Å²) in [4.78, 5) is 10.9. The lowest BCUT2D eigenvalue weighted by atomic mass is 10.1. The first kappa shape index (κ1) is 15.1. The Bertz CT molecular complexity index is 298. The summed E-state index contributed by atoms with van der Waals surface area (Å²) in [6.45, 7) is 3.61. The predicted octanol–water partition coefficient (Wildman–Crippen LogP) is 1.40. The van der Waals surface area contributed by atoms with Crippen LogP contribution in [0.5, 0.6) is 0 Å². The number of hydrogen-bond acceptors (Lipinski definition) is 5. The first-order valence-corrected chi connectivity index (χ1v) is 6.17. The molecular weight excluding hydrogens is 236 g/mol. The van der Waals surface area contributed by atoms with Crippen LogP contribution in [0.3, 0.4) is 0 Å². The van der Waals surface area contributed by atoms with E-state index in [1.54, 1.807) is 0 Å². The van der Waals surface area contributed by atoms with Crippen LogP contribution in [0.1, 0.15) is 33.1 Å². The third kappa shape index (κ3) is 4.76. The minimum Gasteiger partial charge on any atom is -0.469 e. The van der Waals surface area contributed by atoms with E-state index in [0.29, 0.717) is 19.3 Å². The van der Waals surface area contributed by atoms with E-state index in [9.17, 15) is 9.90 Å². The summed E-state index contributed by atoms with van der Waals surface area (Å²) in [6, 6.07) is 0. The summed E-state index contributed by atoms with van der Waals surface area (Å²) >= 11 is 0. The SMILES string of the molecule is COC(=O)CC/C=C\C[C@@H]1OC(C)(C)O[C@@H]1CO. The van der Waals surface area contributed by atoms with Gasteiger partial charge in [0.15, 0.2) is 5.79 Å². The second-order valence-electron chi connectivity index (χ2n) is 4.72. The monoisotopic (exact) mass is 258 g/mol. The molecular formula is C13H22O5. The zero-order chi connectivity index (χ0) is 13.6. The molecule has 0 aromatic heterocycles. The highest BCUT2D eigenvalue weighted by molar-refractivity contribution is 5.69. The summed E-state index contributed by atoms with van der Waals surface area (Å²) in [7, 11) is 1.38. The van der Waals surface area contributed by atoms with Gasteiger partial charge in [0.2, 0.25) is 0 Å². The van der Waals surface area contributed by atoms with Gasteiger partial charge in [0.25, 0.3) is 0 Å². The standard InChI is InChI=1S/C13H22O5/c1-13(2)17-10(11(9-14)18-13)7-5-4-6-8-12(15)16-3/h4-5,10-11,14H,6-9H2,1-3H3/b5-4-/t10-,11+/m0/s1. The number of carbonyl (C=O) groups is 1. The second-order valence-corrected chi connectivity index (χ2v) is 4.72. The molecule has 0 aliphatic carbocycles. The molecule has 1 saturated heterocycles. The van der Waals surface area contributed by atoms with Gasteiger partial charge in [-0.05, 0) is 26.7 Å². The number of carbonyl (C=O) groups excluding carboxylic acids is 1. The quantitative estimate of drug-likeness (QED) is 0.576. The lowest BCUT2D eigenvalue weighted by molar-refractivity contribution is -0.148. The number of allylic oxidation sites excluding steroid dienone is 1. The molecule has 0 unspecified atom stereocenters. The zero-order valence-electron chi connectivity index (χ0n) is 11.2. The van der Waals surface area contributed by atoms with Crippen molar-refractivity contribution in [3.63, 3.8) is 0 Å². The van der Waals surface area contributed by atoms with Crippen LogP contribution in [-0.4, -0.2) is 42.8 Å². The molecule has 1 N–H and O–H groups in total. The van der Waals surface area contributed by atoms with Gasteiger partial charge in [0, 0.05) is 6.42 Å². The first-order chi connectivity index (χ1) is 8.48. The van der Waals surface area contributed by atoms with Gasteiger partial charge in [0.1, 0.15) is 6.10 Å². The van der Waals surface area contributed by atoms with E-state index in [-0.39, 0.29) is 24.8 Å². The van der Waals surface area contributed by atoms with Gasteiger partial charge in [0.05, 0.1) is 19.8 Å². The molecule has 18 heavy (non-hydrogen) atoms. The van der Waals surface area contributed by atoms with Gasteiger partial charge in [-0.1, -0.05) is 12.2 Å². The minimum atomic E-state index is -0.641. The fourth-order valence-electron chi connectivity index (χ4n) is 1.91. The van der Waals surface area contributed by atoms with Crippen LogP contribution >= 0.6 is 0 Å². The number of hydrogen-bond donors (Lipinski definition) is 1. The maximum Gasteiger partial charge on any atom is 0.305 e. The lowest BCUT2D eigenvalue weighted by Crippen LogP contribution is -2.25. The number of esters is 1. The third-order valence-corrected chi connectivity index (χ3v) is 2.74. The van der Waals surface area contributed by atoms with Crippen molar-refractivity contribution in [3.05, 3.63) is 12.2 Å². The van der Waals surface area contributed by atoms with Crippen molar-refractivity contribution >= 4 is 5.97 Å². The van der Waals surface area contributed by atoms with Crippen LogP contribution in [0.2, 0.25) is 0 Å². The van der Waals surface area contributed by atoms with Crippen LogP contribution in [0, 0.1) is 0 Å². The molecule has 5 nitrogen and oxygen atoms in total. The molecule has 0 amide bonds. The molecule has 5 heteroatoms. The van der Waals surface area contributed by atoms with E-state index in [4.69, 9.17) is 9.47 Å². The predicted molar refractivity (Wildman–Crippen MR) is 65.9 cm³/mol. The lowest BCUT2D eigenvalue weighted by Gasteiger charge is -2.16. The molecule has 2 atom stereocenters. The van der Waals surface area contributed by atoms with E-state index in [1.807, 2.05) is 26.0 Å². The smallest absolute Gasteiger partial charge is 0.305 e. The second kappa shape index (κ2) is 6.87. The topological polar surface area (TPSA) is 65.0 Å². The Morgan fingerprint density at radius 1 is 1.33 bits per heavy atom. The Balaban J connectivity index is 2.30. The maximum absolute atomic E-state index is 10.9. The summed E-state index contributed by atoms with van der Waals surface area (Å²) in [6.07, 6.45) is 5.12. The Labute approximate surface area is 108 Å². The third-order valence-electron chi connectivity index (χ3n) is 2.74. The van der Waals surface area contributed by atoms with Gasteiger partial charge in [-0.2, -0.15) is 0 Å². The Kier molecular flexibility index (Phi) is 5.78. The number of aliphatic hydroxyl groups excluding tert-OH is 1. The van der Waals surface area contributed by atoms with Gasteiger partial charge in [-0.3, -0.25) is 4.79 Å². The molecule has 104 valence electrons. The van der Waals surface area contributed by atoms with E-state index < -0.39 is 5.79 Å². The highest BCUT2D eigenvalue weighted by atomic mass is 16.8. The van der Waals surface area contributed by atoms with Crippen molar-refractivity contribution in [2.75, 3.05) is 13.7 Å². The average Bonchev–Trinajstić information content (AvgIpc) is 2.63. The van der Waals surface area contributed by atoms with Crippen molar-refractivity contribution in [3.8, 4) is 0 Å². The molecule has 0 radical (unpaired) electrons. The molecule has 0 bridgehead atoms. The van der Waals surface area contributed by atoms with Gasteiger partial charge < -0.3 is 19.3 Å². The molecule has 0 aromatic carbocycles. The van der Waals surface area contributed by atoms with Crippen molar-refractivity contribution in [1.82, 2.24) is 0 Å². The van der Waals surface area contributed by atoms with Crippen molar-refractivity contribution in [2.45, 2.75) is 51.1 Å². The normalized spacial score (nSPS) is 26.7. The van der Waals surface area contributed by atoms with Gasteiger partial charge in [-0.15, -0.1) is 0 Å². The summed E-state index contributed by atoms with van der Waals surface area (Å²) < 4.78 is 15.8. The molecule has 0 aromatic rings. The fraction of sp³-hybridized carbons (Fsp3) is 0.769. The van der Waals surface area contributed by atoms with E-state index in [0.717, 1.165) is 0 Å².